The Hall–Kier alpha value is -1.81. The number of rotatable bonds is 6. The van der Waals surface area contributed by atoms with Gasteiger partial charge in [-0.15, -0.1) is 6.58 Å². The summed E-state index contributed by atoms with van der Waals surface area (Å²) in [6.45, 7) is 10.4. The van der Waals surface area contributed by atoms with Crippen molar-refractivity contribution in [2.75, 3.05) is 19.7 Å². The van der Waals surface area contributed by atoms with Crippen molar-refractivity contribution in [3.8, 4) is 5.75 Å². The van der Waals surface area contributed by atoms with Crippen molar-refractivity contribution in [1.82, 2.24) is 10.2 Å². The molecule has 0 aliphatic carbocycles. The minimum Gasteiger partial charge on any atom is -0.494 e. The maximum absolute atomic E-state index is 12.1. The van der Waals surface area contributed by atoms with Gasteiger partial charge in [-0.25, -0.2) is 0 Å². The molecule has 1 unspecified atom stereocenters. The van der Waals surface area contributed by atoms with Gasteiger partial charge in [-0.05, 0) is 43.5 Å². The van der Waals surface area contributed by atoms with Gasteiger partial charge in [0.15, 0.2) is 0 Å². The van der Waals surface area contributed by atoms with E-state index in [1.54, 1.807) is 6.08 Å². The zero-order valence-electron chi connectivity index (χ0n) is 12.9. The number of nitrogens with zero attached hydrogens (tertiary/aromatic N) is 1. The number of nitrogens with one attached hydrogen (secondary N) is 1. The average molecular weight is 288 g/mol. The fourth-order valence-corrected chi connectivity index (χ4v) is 2.63. The fraction of sp³-hybridized carbons (Fsp3) is 0.471. The molecule has 0 spiro atoms. The Morgan fingerprint density at radius 3 is 3.05 bits per heavy atom. The van der Waals surface area contributed by atoms with Gasteiger partial charge in [0.05, 0.1) is 12.6 Å². The van der Waals surface area contributed by atoms with Crippen LogP contribution in [0.2, 0.25) is 0 Å². The SMILES string of the molecule is C=CCNC(=O)C(C)N1CCc2ccc(OCC)cc2C1. The highest BCUT2D eigenvalue weighted by atomic mass is 16.5. The number of fused-ring (bicyclic) bond motifs is 1. The van der Waals surface area contributed by atoms with Crippen LogP contribution in [0.25, 0.3) is 0 Å². The van der Waals surface area contributed by atoms with Crippen LogP contribution in [0.4, 0.5) is 0 Å². The van der Waals surface area contributed by atoms with E-state index in [4.69, 9.17) is 4.74 Å². The highest BCUT2D eigenvalue weighted by molar-refractivity contribution is 5.81. The molecule has 1 heterocycles. The molecule has 4 heteroatoms. The fourth-order valence-electron chi connectivity index (χ4n) is 2.63. The molecule has 1 amide bonds. The van der Waals surface area contributed by atoms with E-state index in [1.165, 1.54) is 11.1 Å². The van der Waals surface area contributed by atoms with Gasteiger partial charge in [-0.1, -0.05) is 12.1 Å². The lowest BCUT2D eigenvalue weighted by atomic mass is 9.98. The van der Waals surface area contributed by atoms with Gasteiger partial charge in [0, 0.05) is 19.6 Å². The number of carbonyl (C=O) groups excluding carboxylic acids is 1. The molecule has 1 aliphatic heterocycles. The molecule has 1 N–H and O–H groups in total. The summed E-state index contributed by atoms with van der Waals surface area (Å²) in [6.07, 6.45) is 2.67. The third-order valence-corrected chi connectivity index (χ3v) is 3.88. The smallest absolute Gasteiger partial charge is 0.237 e. The van der Waals surface area contributed by atoms with Crippen LogP contribution in [0, 0.1) is 0 Å². The number of amides is 1. The third-order valence-electron chi connectivity index (χ3n) is 3.88. The molecule has 1 aliphatic rings. The molecule has 21 heavy (non-hydrogen) atoms. The number of ether oxygens (including phenoxy) is 1. The highest BCUT2D eigenvalue weighted by Gasteiger charge is 2.25. The largest absolute Gasteiger partial charge is 0.494 e. The van der Waals surface area contributed by atoms with E-state index in [0.29, 0.717) is 13.2 Å². The summed E-state index contributed by atoms with van der Waals surface area (Å²) in [6, 6.07) is 6.13. The minimum absolute atomic E-state index is 0.0549. The Morgan fingerprint density at radius 1 is 1.52 bits per heavy atom. The van der Waals surface area contributed by atoms with Gasteiger partial charge in [-0.3, -0.25) is 9.69 Å². The molecular weight excluding hydrogens is 264 g/mol. The second-order valence-corrected chi connectivity index (χ2v) is 5.29. The molecular formula is C17H24N2O2. The van der Waals surface area contributed by atoms with E-state index in [9.17, 15) is 4.79 Å². The number of carbonyl (C=O) groups is 1. The summed E-state index contributed by atoms with van der Waals surface area (Å²) in [4.78, 5) is 14.3. The number of hydrogen-bond acceptors (Lipinski definition) is 3. The summed E-state index contributed by atoms with van der Waals surface area (Å²) < 4.78 is 5.56. The van der Waals surface area contributed by atoms with Crippen LogP contribution in [0.3, 0.4) is 0 Å². The second-order valence-electron chi connectivity index (χ2n) is 5.29. The molecule has 0 saturated carbocycles. The Balaban J connectivity index is 2.05. The summed E-state index contributed by atoms with van der Waals surface area (Å²) in [5.74, 6) is 0.959. The molecule has 0 bridgehead atoms. The summed E-state index contributed by atoms with van der Waals surface area (Å²) in [5, 5.41) is 2.86. The van der Waals surface area contributed by atoms with Crippen LogP contribution in [-0.4, -0.2) is 36.5 Å². The summed E-state index contributed by atoms with van der Waals surface area (Å²) in [5.41, 5.74) is 2.61. The van der Waals surface area contributed by atoms with Crippen LogP contribution >= 0.6 is 0 Å². The van der Waals surface area contributed by atoms with E-state index in [0.717, 1.165) is 25.3 Å². The van der Waals surface area contributed by atoms with E-state index in [2.05, 4.69) is 28.9 Å². The second kappa shape index (κ2) is 7.27. The van der Waals surface area contributed by atoms with Crippen molar-refractivity contribution in [3.63, 3.8) is 0 Å². The van der Waals surface area contributed by atoms with Gasteiger partial charge in [-0.2, -0.15) is 0 Å². The minimum atomic E-state index is -0.131. The van der Waals surface area contributed by atoms with Gasteiger partial charge in [0.1, 0.15) is 5.75 Å². The Morgan fingerprint density at radius 2 is 2.33 bits per heavy atom. The van der Waals surface area contributed by atoms with E-state index < -0.39 is 0 Å². The van der Waals surface area contributed by atoms with Crippen molar-refractivity contribution in [1.29, 1.82) is 0 Å². The normalized spacial score (nSPS) is 15.9. The van der Waals surface area contributed by atoms with Crippen LogP contribution in [0.5, 0.6) is 5.75 Å². The Kier molecular flexibility index (Phi) is 5.39. The third kappa shape index (κ3) is 3.85. The molecule has 1 aromatic rings. The molecule has 2 rings (SSSR count). The van der Waals surface area contributed by atoms with Gasteiger partial charge in [0.25, 0.3) is 0 Å². The lowest BCUT2D eigenvalue weighted by molar-refractivity contribution is -0.126. The monoisotopic (exact) mass is 288 g/mol. The maximum Gasteiger partial charge on any atom is 0.237 e. The predicted molar refractivity (Wildman–Crippen MR) is 84.4 cm³/mol. The van der Waals surface area contributed by atoms with Crippen molar-refractivity contribution in [2.45, 2.75) is 32.9 Å². The lowest BCUT2D eigenvalue weighted by Gasteiger charge is -2.33. The molecule has 0 radical (unpaired) electrons. The van der Waals surface area contributed by atoms with E-state index in [-0.39, 0.29) is 11.9 Å². The van der Waals surface area contributed by atoms with Crippen molar-refractivity contribution >= 4 is 5.91 Å². The zero-order chi connectivity index (χ0) is 15.2. The lowest BCUT2D eigenvalue weighted by Crippen LogP contribution is -2.47. The molecule has 0 saturated heterocycles. The van der Waals surface area contributed by atoms with Crippen LogP contribution < -0.4 is 10.1 Å². The standard InChI is InChI=1S/C17H24N2O2/c1-4-9-18-17(20)13(3)19-10-8-14-6-7-16(21-5-2)11-15(14)12-19/h4,6-7,11,13H,1,5,8-10,12H2,2-3H3,(H,18,20). The van der Waals surface area contributed by atoms with Crippen molar-refractivity contribution < 1.29 is 9.53 Å². The Bertz CT molecular complexity index is 514. The predicted octanol–water partition coefficient (Wildman–Crippen LogP) is 2.13. The van der Waals surface area contributed by atoms with Crippen LogP contribution in [-0.2, 0) is 17.8 Å². The quantitative estimate of drug-likeness (QED) is 0.815. The van der Waals surface area contributed by atoms with Gasteiger partial charge >= 0.3 is 0 Å². The molecule has 4 nitrogen and oxygen atoms in total. The number of benzene rings is 1. The van der Waals surface area contributed by atoms with Crippen molar-refractivity contribution in [3.05, 3.63) is 42.0 Å². The van der Waals surface area contributed by atoms with Crippen LogP contribution in [0.1, 0.15) is 25.0 Å². The topological polar surface area (TPSA) is 41.6 Å². The molecule has 1 aromatic carbocycles. The van der Waals surface area contributed by atoms with Crippen molar-refractivity contribution in [2.24, 2.45) is 0 Å². The van der Waals surface area contributed by atoms with E-state index >= 15 is 0 Å². The zero-order valence-corrected chi connectivity index (χ0v) is 12.9. The van der Waals surface area contributed by atoms with E-state index in [1.807, 2.05) is 19.9 Å². The summed E-state index contributed by atoms with van der Waals surface area (Å²) >= 11 is 0. The van der Waals surface area contributed by atoms with Gasteiger partial charge < -0.3 is 10.1 Å². The first kappa shape index (κ1) is 15.6. The molecule has 1 atom stereocenters. The first-order valence-corrected chi connectivity index (χ1v) is 7.53. The highest BCUT2D eigenvalue weighted by Crippen LogP contribution is 2.25. The molecule has 0 aromatic heterocycles. The first-order chi connectivity index (χ1) is 10.2. The van der Waals surface area contributed by atoms with Gasteiger partial charge in [0.2, 0.25) is 5.91 Å². The summed E-state index contributed by atoms with van der Waals surface area (Å²) in [7, 11) is 0. The average Bonchev–Trinajstić information content (AvgIpc) is 2.51. The first-order valence-electron chi connectivity index (χ1n) is 7.53. The molecule has 114 valence electrons. The molecule has 0 fully saturated rings. The Labute approximate surface area is 126 Å². The van der Waals surface area contributed by atoms with Crippen LogP contribution in [0.15, 0.2) is 30.9 Å². The maximum atomic E-state index is 12.1. The number of hydrogen-bond donors (Lipinski definition) is 1.